The van der Waals surface area contributed by atoms with Gasteiger partial charge in [-0.05, 0) is 55.0 Å². The van der Waals surface area contributed by atoms with Gasteiger partial charge in [-0.15, -0.1) is 0 Å². The van der Waals surface area contributed by atoms with E-state index in [1.165, 1.54) is 5.56 Å². The quantitative estimate of drug-likeness (QED) is 0.719. The first-order chi connectivity index (χ1) is 10.7. The van der Waals surface area contributed by atoms with E-state index in [1.54, 1.807) is 6.20 Å². The second kappa shape index (κ2) is 6.90. The molecule has 0 spiro atoms. The van der Waals surface area contributed by atoms with Crippen molar-refractivity contribution in [2.45, 2.75) is 20.0 Å². The number of furan rings is 1. The Labute approximate surface area is 138 Å². The first-order valence-electron chi connectivity index (χ1n) is 7.18. The topological polar surface area (TPSA) is 38.1 Å². The molecule has 3 aromatic rings. The van der Waals surface area contributed by atoms with Crippen molar-refractivity contribution >= 4 is 15.9 Å². The van der Waals surface area contributed by atoms with Crippen molar-refractivity contribution in [3.63, 3.8) is 0 Å². The summed E-state index contributed by atoms with van der Waals surface area (Å²) in [7, 11) is 0. The average molecular weight is 357 g/mol. The third kappa shape index (κ3) is 3.64. The maximum absolute atomic E-state index is 5.93. The van der Waals surface area contributed by atoms with Crippen molar-refractivity contribution in [3.8, 4) is 11.3 Å². The van der Waals surface area contributed by atoms with Gasteiger partial charge in [0.1, 0.15) is 11.5 Å². The molecule has 0 saturated carbocycles. The summed E-state index contributed by atoms with van der Waals surface area (Å²) >= 11 is 3.48. The fourth-order valence-corrected chi connectivity index (χ4v) is 2.81. The Kier molecular flexibility index (Phi) is 4.71. The van der Waals surface area contributed by atoms with E-state index < -0.39 is 0 Å². The Balaban J connectivity index is 1.64. The molecule has 0 amide bonds. The molecule has 3 rings (SSSR count). The van der Waals surface area contributed by atoms with Gasteiger partial charge < -0.3 is 9.73 Å². The Hall–Kier alpha value is -1.91. The summed E-state index contributed by atoms with van der Waals surface area (Å²) in [6.45, 7) is 3.50. The summed E-state index contributed by atoms with van der Waals surface area (Å²) < 4.78 is 7.01. The van der Waals surface area contributed by atoms with E-state index in [0.29, 0.717) is 6.54 Å². The zero-order valence-corrected chi connectivity index (χ0v) is 13.9. The highest BCUT2D eigenvalue weighted by atomic mass is 79.9. The minimum Gasteiger partial charge on any atom is -0.460 e. The van der Waals surface area contributed by atoms with Gasteiger partial charge in [-0.3, -0.25) is 4.98 Å². The van der Waals surface area contributed by atoms with Crippen LogP contribution in [0.1, 0.15) is 17.0 Å². The number of hydrogen-bond donors (Lipinski definition) is 1. The van der Waals surface area contributed by atoms with E-state index in [2.05, 4.69) is 45.3 Å². The van der Waals surface area contributed by atoms with Gasteiger partial charge >= 0.3 is 0 Å². The van der Waals surface area contributed by atoms with E-state index in [1.807, 2.05) is 36.4 Å². The highest BCUT2D eigenvalue weighted by Crippen LogP contribution is 2.27. The lowest BCUT2D eigenvalue weighted by Gasteiger charge is -2.04. The van der Waals surface area contributed by atoms with Crippen LogP contribution in [-0.2, 0) is 13.1 Å². The van der Waals surface area contributed by atoms with E-state index in [0.717, 1.165) is 33.8 Å². The molecular weight excluding hydrogens is 340 g/mol. The van der Waals surface area contributed by atoms with Crippen molar-refractivity contribution < 1.29 is 4.42 Å². The fraction of sp³-hybridized carbons (Fsp3) is 0.167. The monoisotopic (exact) mass is 356 g/mol. The maximum Gasteiger partial charge on any atom is 0.134 e. The van der Waals surface area contributed by atoms with E-state index in [9.17, 15) is 0 Å². The molecule has 0 saturated heterocycles. The highest BCUT2D eigenvalue weighted by Gasteiger charge is 2.07. The summed E-state index contributed by atoms with van der Waals surface area (Å²) in [5, 5.41) is 3.34. The van der Waals surface area contributed by atoms with Crippen LogP contribution in [0.15, 0.2) is 63.6 Å². The molecule has 0 aliphatic carbocycles. The van der Waals surface area contributed by atoms with Crippen LogP contribution in [0.2, 0.25) is 0 Å². The van der Waals surface area contributed by atoms with Crippen LogP contribution >= 0.6 is 15.9 Å². The van der Waals surface area contributed by atoms with Gasteiger partial charge in [0.25, 0.3) is 0 Å². The number of pyridine rings is 1. The highest BCUT2D eigenvalue weighted by molar-refractivity contribution is 9.10. The molecule has 3 nitrogen and oxygen atoms in total. The van der Waals surface area contributed by atoms with Crippen LogP contribution in [-0.4, -0.2) is 4.98 Å². The Morgan fingerprint density at radius 1 is 1.09 bits per heavy atom. The molecule has 0 fully saturated rings. The predicted molar refractivity (Wildman–Crippen MR) is 91.4 cm³/mol. The summed E-state index contributed by atoms with van der Waals surface area (Å²) in [6.07, 6.45) is 1.80. The number of nitrogens with one attached hydrogen (secondary N) is 1. The van der Waals surface area contributed by atoms with Crippen LogP contribution in [0.5, 0.6) is 0 Å². The van der Waals surface area contributed by atoms with Crippen molar-refractivity contribution in [1.82, 2.24) is 10.3 Å². The van der Waals surface area contributed by atoms with Gasteiger partial charge in [0.15, 0.2) is 0 Å². The van der Waals surface area contributed by atoms with Crippen molar-refractivity contribution in [2.24, 2.45) is 0 Å². The molecule has 0 bridgehead atoms. The number of aryl methyl sites for hydroxylation is 1. The normalized spacial score (nSPS) is 10.8. The van der Waals surface area contributed by atoms with Crippen LogP contribution in [0, 0.1) is 6.92 Å². The molecule has 4 heteroatoms. The SMILES string of the molecule is Cc1cc(Br)ccc1-c1ccc(CNCc2ccccn2)o1. The number of nitrogens with zero attached hydrogens (tertiary/aromatic N) is 1. The van der Waals surface area contributed by atoms with E-state index in [4.69, 9.17) is 4.42 Å². The molecule has 0 aliphatic rings. The zero-order valence-electron chi connectivity index (χ0n) is 12.3. The first-order valence-corrected chi connectivity index (χ1v) is 7.97. The molecule has 2 aromatic heterocycles. The Bertz CT molecular complexity index is 753. The zero-order chi connectivity index (χ0) is 15.4. The van der Waals surface area contributed by atoms with E-state index >= 15 is 0 Å². The molecule has 1 aromatic carbocycles. The average Bonchev–Trinajstić information content (AvgIpc) is 2.97. The molecule has 0 atom stereocenters. The number of hydrogen-bond acceptors (Lipinski definition) is 3. The van der Waals surface area contributed by atoms with Crippen LogP contribution in [0.4, 0.5) is 0 Å². The smallest absolute Gasteiger partial charge is 0.134 e. The third-order valence-electron chi connectivity index (χ3n) is 3.45. The van der Waals surface area contributed by atoms with Gasteiger partial charge in [0, 0.05) is 22.8 Å². The number of halogens is 1. The predicted octanol–water partition coefficient (Wildman–Crippen LogP) is 4.70. The summed E-state index contributed by atoms with van der Waals surface area (Å²) in [5.74, 6) is 1.83. The van der Waals surface area contributed by atoms with Crippen LogP contribution in [0.25, 0.3) is 11.3 Å². The lowest BCUT2D eigenvalue weighted by Crippen LogP contribution is -2.12. The molecule has 0 aliphatic heterocycles. The first kappa shape index (κ1) is 15.0. The summed E-state index contributed by atoms with van der Waals surface area (Å²) in [6, 6.07) is 16.2. The van der Waals surface area contributed by atoms with Crippen molar-refractivity contribution in [1.29, 1.82) is 0 Å². The van der Waals surface area contributed by atoms with Gasteiger partial charge in [0.2, 0.25) is 0 Å². The lowest BCUT2D eigenvalue weighted by molar-refractivity contribution is 0.492. The van der Waals surface area contributed by atoms with Gasteiger partial charge in [-0.2, -0.15) is 0 Å². The van der Waals surface area contributed by atoms with Crippen molar-refractivity contribution in [3.05, 3.63) is 76.2 Å². The number of aromatic nitrogens is 1. The lowest BCUT2D eigenvalue weighted by atomic mass is 10.1. The minimum absolute atomic E-state index is 0.687. The molecule has 112 valence electrons. The molecule has 2 heterocycles. The second-order valence-corrected chi connectivity index (χ2v) is 6.07. The summed E-state index contributed by atoms with van der Waals surface area (Å²) in [5.41, 5.74) is 3.34. The summed E-state index contributed by atoms with van der Waals surface area (Å²) in [4.78, 5) is 4.28. The van der Waals surface area contributed by atoms with Gasteiger partial charge in [-0.1, -0.05) is 22.0 Å². The Morgan fingerprint density at radius 2 is 2.00 bits per heavy atom. The number of rotatable bonds is 5. The van der Waals surface area contributed by atoms with Crippen LogP contribution < -0.4 is 5.32 Å². The minimum atomic E-state index is 0.687. The molecule has 1 N–H and O–H groups in total. The largest absolute Gasteiger partial charge is 0.460 e. The van der Waals surface area contributed by atoms with Crippen molar-refractivity contribution in [2.75, 3.05) is 0 Å². The van der Waals surface area contributed by atoms with Crippen LogP contribution in [0.3, 0.4) is 0 Å². The standard InChI is InChI=1S/C18H17BrN2O/c1-13-10-14(19)5-7-17(13)18-8-6-16(22-18)12-20-11-15-4-2-3-9-21-15/h2-10,20H,11-12H2,1H3. The number of benzene rings is 1. The van der Waals surface area contributed by atoms with E-state index in [-0.39, 0.29) is 0 Å². The maximum atomic E-state index is 5.93. The van der Waals surface area contributed by atoms with Gasteiger partial charge in [0.05, 0.1) is 12.2 Å². The van der Waals surface area contributed by atoms with Gasteiger partial charge in [-0.25, -0.2) is 0 Å². The second-order valence-electron chi connectivity index (χ2n) is 5.15. The molecule has 0 radical (unpaired) electrons. The molecule has 0 unspecified atom stereocenters. The molecule has 22 heavy (non-hydrogen) atoms. The third-order valence-corrected chi connectivity index (χ3v) is 3.94. The fourth-order valence-electron chi connectivity index (χ4n) is 2.34. The Morgan fingerprint density at radius 3 is 2.77 bits per heavy atom. The molecular formula is C18H17BrN2O.